The Morgan fingerprint density at radius 2 is 0.727 bits per heavy atom. The lowest BCUT2D eigenvalue weighted by Crippen LogP contribution is -1.86. The summed E-state index contributed by atoms with van der Waals surface area (Å²) in [5.41, 5.74) is 0. The lowest BCUT2D eigenvalue weighted by atomic mass is 10.3. The molecular weight excluding hydrogens is 400 g/mol. The first-order valence-electron chi connectivity index (χ1n) is 8.40. The van der Waals surface area contributed by atoms with E-state index in [0.29, 0.717) is 0 Å². The molecule has 0 saturated heterocycles. The van der Waals surface area contributed by atoms with E-state index in [9.17, 15) is 4.79 Å². The number of allylic oxidation sites excluding steroid dienone is 1. The molecule has 0 fully saturated rings. The van der Waals surface area contributed by atoms with Gasteiger partial charge in [0.15, 0.2) is 5.78 Å². The standard InChI is InChI=1S/C32H6O/c1-3-5-6-7-8-9-10-11-12-13-14-15-16-17-18-19-20-21-22-23-24-25-26-27-28-29-30-31-32(33)4-2/h1,4H,2,31H2. The Morgan fingerprint density at radius 1 is 0.485 bits per heavy atom. The van der Waals surface area contributed by atoms with Crippen LogP contribution in [0.15, 0.2) is 12.7 Å². The molecular formula is C32H6O. The summed E-state index contributed by atoms with van der Waals surface area (Å²) >= 11 is 0. The van der Waals surface area contributed by atoms with E-state index in [2.05, 4.69) is 166 Å². The predicted molar refractivity (Wildman–Crippen MR) is 130 cm³/mol. The molecule has 0 spiro atoms. The highest BCUT2D eigenvalue weighted by Gasteiger charge is 1.86. The quantitative estimate of drug-likeness (QED) is 0.490. The highest BCUT2D eigenvalue weighted by atomic mass is 16.1. The van der Waals surface area contributed by atoms with Crippen LogP contribution < -0.4 is 0 Å². The second kappa shape index (κ2) is 23.3. The van der Waals surface area contributed by atoms with Gasteiger partial charge in [0.25, 0.3) is 0 Å². The van der Waals surface area contributed by atoms with Gasteiger partial charge in [-0.05, 0) is 101 Å². The molecule has 0 aromatic rings. The summed E-state index contributed by atoms with van der Waals surface area (Å²) in [6.07, 6.45) is 6.21. The van der Waals surface area contributed by atoms with Gasteiger partial charge in [-0.15, -0.1) is 6.42 Å². The summed E-state index contributed by atoms with van der Waals surface area (Å²) in [6, 6.07) is 0. The smallest absolute Gasteiger partial charge is 0.166 e. The Kier molecular flexibility index (Phi) is 18.5. The van der Waals surface area contributed by atoms with E-state index in [-0.39, 0.29) is 12.2 Å². The van der Waals surface area contributed by atoms with Gasteiger partial charge in [0.05, 0.1) is 6.42 Å². The van der Waals surface area contributed by atoms with Gasteiger partial charge >= 0.3 is 0 Å². The fourth-order valence-corrected chi connectivity index (χ4v) is 1.00. The second-order valence-electron chi connectivity index (χ2n) is 4.29. The van der Waals surface area contributed by atoms with Crippen molar-refractivity contribution in [2.24, 2.45) is 0 Å². The van der Waals surface area contributed by atoms with Crippen LogP contribution in [0.2, 0.25) is 0 Å². The summed E-state index contributed by atoms with van der Waals surface area (Å²) in [4.78, 5) is 10.9. The van der Waals surface area contributed by atoms with Gasteiger partial charge in [-0.1, -0.05) is 12.5 Å². The van der Waals surface area contributed by atoms with Crippen LogP contribution in [0.1, 0.15) is 6.42 Å². The SMILES string of the molecule is C#CC#CC#CC#CC#CC#CC#CC#CC#CC#CC#CC#CC#CC#CCC(=O)C=C. The molecule has 0 radical (unpaired) electrons. The van der Waals surface area contributed by atoms with Crippen molar-refractivity contribution in [1.29, 1.82) is 0 Å². The number of ketones is 1. The van der Waals surface area contributed by atoms with Crippen molar-refractivity contribution in [2.45, 2.75) is 6.42 Å². The van der Waals surface area contributed by atoms with Crippen molar-refractivity contribution >= 4 is 5.78 Å². The first-order valence-corrected chi connectivity index (χ1v) is 8.40. The molecule has 0 bridgehead atoms. The average molecular weight is 406 g/mol. The minimum absolute atomic E-state index is 0.0851. The molecule has 0 saturated carbocycles. The molecule has 0 unspecified atom stereocenters. The highest BCUT2D eigenvalue weighted by molar-refractivity contribution is 5.90. The zero-order valence-electron chi connectivity index (χ0n) is 17.0. The zero-order valence-corrected chi connectivity index (χ0v) is 17.0. The first-order chi connectivity index (χ1) is 16.3. The minimum Gasteiger partial charge on any atom is -0.294 e. The molecule has 1 nitrogen and oxygen atoms in total. The van der Waals surface area contributed by atoms with E-state index in [1.807, 2.05) is 0 Å². The molecule has 0 aliphatic heterocycles. The largest absolute Gasteiger partial charge is 0.294 e. The Labute approximate surface area is 196 Å². The molecule has 0 atom stereocenters. The molecule has 0 heterocycles. The molecule has 0 N–H and O–H groups in total. The minimum atomic E-state index is -0.160. The molecule has 0 aliphatic carbocycles. The number of rotatable bonds is 2. The van der Waals surface area contributed by atoms with E-state index in [4.69, 9.17) is 6.42 Å². The number of hydrogen-bond acceptors (Lipinski definition) is 1. The molecule has 0 rings (SSSR count). The third-order valence-corrected chi connectivity index (χ3v) is 2.15. The molecule has 0 aromatic carbocycles. The molecule has 0 aliphatic rings. The Balaban J connectivity index is 4.45. The number of carbonyl (C=O) groups is 1. The molecule has 0 aromatic heterocycles. The van der Waals surface area contributed by atoms with E-state index in [1.165, 1.54) is 6.08 Å². The first kappa shape index (κ1) is 26.2. The maximum atomic E-state index is 10.9. The van der Waals surface area contributed by atoms with Crippen molar-refractivity contribution in [3.8, 4) is 166 Å². The molecule has 0 amide bonds. The summed E-state index contributed by atoms with van der Waals surface area (Å²) in [5, 5.41) is 0. The van der Waals surface area contributed by atoms with Crippen LogP contribution in [-0.4, -0.2) is 5.78 Å². The van der Waals surface area contributed by atoms with Gasteiger partial charge < -0.3 is 0 Å². The molecule has 140 valence electrons. The fraction of sp³-hybridized carbons (Fsp3) is 0.0312. The average Bonchev–Trinajstić information content (AvgIpc) is 2.83. The lowest BCUT2D eigenvalue weighted by molar-refractivity contribution is -0.113. The summed E-state index contributed by atoms with van der Waals surface area (Å²) in [5.74, 6) is 66.2. The van der Waals surface area contributed by atoms with Crippen LogP contribution in [-0.2, 0) is 4.79 Å². The van der Waals surface area contributed by atoms with Crippen molar-refractivity contribution in [2.75, 3.05) is 0 Å². The van der Waals surface area contributed by atoms with Crippen molar-refractivity contribution in [3.05, 3.63) is 12.7 Å². The third-order valence-electron chi connectivity index (χ3n) is 2.15. The third kappa shape index (κ3) is 23.2. The van der Waals surface area contributed by atoms with Crippen molar-refractivity contribution in [3.63, 3.8) is 0 Å². The maximum absolute atomic E-state index is 10.9. The van der Waals surface area contributed by atoms with Gasteiger partial charge in [0.1, 0.15) is 0 Å². The monoisotopic (exact) mass is 406 g/mol. The Hall–Kier alpha value is -6.75. The Morgan fingerprint density at radius 3 is 0.970 bits per heavy atom. The van der Waals surface area contributed by atoms with Crippen LogP contribution >= 0.6 is 0 Å². The topological polar surface area (TPSA) is 17.1 Å². The fourth-order valence-electron chi connectivity index (χ4n) is 1.00. The van der Waals surface area contributed by atoms with Crippen LogP contribution in [0.4, 0.5) is 0 Å². The lowest BCUT2D eigenvalue weighted by Gasteiger charge is -1.77. The van der Waals surface area contributed by atoms with Gasteiger partial charge in [-0.2, -0.15) is 0 Å². The molecule has 33 heavy (non-hydrogen) atoms. The maximum Gasteiger partial charge on any atom is 0.166 e. The number of hydrogen-bond donors (Lipinski definition) is 0. The second-order valence-corrected chi connectivity index (χ2v) is 4.29. The van der Waals surface area contributed by atoms with E-state index in [1.54, 1.807) is 0 Å². The summed E-state index contributed by atoms with van der Waals surface area (Å²) < 4.78 is 0. The summed E-state index contributed by atoms with van der Waals surface area (Å²) in [6.45, 7) is 3.34. The van der Waals surface area contributed by atoms with Crippen molar-refractivity contribution < 1.29 is 4.79 Å². The van der Waals surface area contributed by atoms with Crippen LogP contribution in [0.3, 0.4) is 0 Å². The van der Waals surface area contributed by atoms with Gasteiger partial charge in [0, 0.05) is 59.2 Å². The van der Waals surface area contributed by atoms with E-state index >= 15 is 0 Å². The normalized spacial score (nSPS) is 4.58. The summed E-state index contributed by atoms with van der Waals surface area (Å²) in [7, 11) is 0. The predicted octanol–water partition coefficient (Wildman–Crippen LogP) is 0.809. The van der Waals surface area contributed by atoms with Gasteiger partial charge in [-0.3, -0.25) is 4.79 Å². The number of carbonyl (C=O) groups excluding carboxylic acids is 1. The van der Waals surface area contributed by atoms with Crippen molar-refractivity contribution in [1.82, 2.24) is 0 Å². The molecule has 1 heteroatoms. The van der Waals surface area contributed by atoms with Gasteiger partial charge in [0.2, 0.25) is 0 Å². The zero-order chi connectivity index (χ0) is 24.1. The van der Waals surface area contributed by atoms with Gasteiger partial charge in [-0.25, -0.2) is 0 Å². The van der Waals surface area contributed by atoms with E-state index in [0.717, 1.165) is 0 Å². The Bertz CT molecular complexity index is 1680. The van der Waals surface area contributed by atoms with E-state index < -0.39 is 0 Å². The van der Waals surface area contributed by atoms with Crippen LogP contribution in [0.5, 0.6) is 0 Å². The highest BCUT2D eigenvalue weighted by Crippen LogP contribution is 1.79. The number of terminal acetylenes is 1. The van der Waals surface area contributed by atoms with Crippen LogP contribution in [0, 0.1) is 166 Å². The van der Waals surface area contributed by atoms with Crippen LogP contribution in [0.25, 0.3) is 0 Å².